The van der Waals surface area contributed by atoms with Gasteiger partial charge in [0.1, 0.15) is 5.75 Å². The Morgan fingerprint density at radius 2 is 1.86 bits per heavy atom. The van der Waals surface area contributed by atoms with Crippen LogP contribution in [-0.4, -0.2) is 19.0 Å². The number of benzene rings is 2. The van der Waals surface area contributed by atoms with Gasteiger partial charge in [0.05, 0.1) is 7.11 Å². The van der Waals surface area contributed by atoms with E-state index >= 15 is 0 Å². The zero-order chi connectivity index (χ0) is 15.9. The molecular weight excluding hydrogens is 282 g/mol. The minimum atomic E-state index is -0.506. The summed E-state index contributed by atoms with van der Waals surface area (Å²) in [6.45, 7) is 0.377. The lowest BCUT2D eigenvalue weighted by atomic mass is 10.2. The Labute approximate surface area is 128 Å². The van der Waals surface area contributed by atoms with Crippen LogP contribution < -0.4 is 21.1 Å². The van der Waals surface area contributed by atoms with Crippen molar-refractivity contribution in [1.29, 1.82) is 0 Å². The zero-order valence-electron chi connectivity index (χ0n) is 12.1. The molecule has 6 heteroatoms. The molecule has 0 aliphatic rings. The summed E-state index contributed by atoms with van der Waals surface area (Å²) in [5.74, 6) is 0.232. The van der Waals surface area contributed by atoms with Crippen LogP contribution in [0.5, 0.6) is 5.75 Å². The van der Waals surface area contributed by atoms with Gasteiger partial charge in [0.25, 0.3) is 0 Å². The van der Waals surface area contributed by atoms with Gasteiger partial charge in [-0.1, -0.05) is 12.1 Å². The number of carbonyl (C=O) groups excluding carboxylic acids is 2. The Bertz CT molecular complexity index is 669. The van der Waals surface area contributed by atoms with Gasteiger partial charge >= 0.3 is 6.03 Å². The second kappa shape index (κ2) is 7.12. The maximum Gasteiger partial charge on any atom is 0.319 e. The lowest BCUT2D eigenvalue weighted by Gasteiger charge is -2.09. The number of urea groups is 1. The normalized spacial score (nSPS) is 9.86. The molecule has 0 fully saturated rings. The fraction of sp³-hybridized carbons (Fsp3) is 0.125. The number of methoxy groups -OCH3 is 1. The van der Waals surface area contributed by atoms with Crippen LogP contribution in [0.4, 0.5) is 10.5 Å². The van der Waals surface area contributed by atoms with E-state index in [-0.39, 0.29) is 6.03 Å². The lowest BCUT2D eigenvalue weighted by molar-refractivity contribution is 0.100. The monoisotopic (exact) mass is 299 g/mol. The SMILES string of the molecule is COc1cccc(CNC(=O)Nc2ccc(C(N)=O)cc2)c1. The molecule has 0 atom stereocenters. The van der Waals surface area contributed by atoms with Gasteiger partial charge in [-0.2, -0.15) is 0 Å². The molecule has 0 heterocycles. The van der Waals surface area contributed by atoms with Crippen molar-refractivity contribution < 1.29 is 14.3 Å². The van der Waals surface area contributed by atoms with Crippen molar-refractivity contribution in [3.8, 4) is 5.75 Å². The van der Waals surface area contributed by atoms with Crippen LogP contribution in [0.25, 0.3) is 0 Å². The van der Waals surface area contributed by atoms with E-state index in [1.165, 1.54) is 0 Å². The quantitative estimate of drug-likeness (QED) is 0.789. The first-order valence-electron chi connectivity index (χ1n) is 6.66. The molecule has 2 aromatic carbocycles. The van der Waals surface area contributed by atoms with Crippen LogP contribution in [0.1, 0.15) is 15.9 Å². The van der Waals surface area contributed by atoms with E-state index < -0.39 is 5.91 Å². The molecule has 114 valence electrons. The van der Waals surface area contributed by atoms with Crippen LogP contribution in [0.3, 0.4) is 0 Å². The molecule has 2 rings (SSSR count). The number of primary amides is 1. The molecule has 0 saturated carbocycles. The van der Waals surface area contributed by atoms with Crippen molar-refractivity contribution in [2.75, 3.05) is 12.4 Å². The minimum Gasteiger partial charge on any atom is -0.497 e. The van der Waals surface area contributed by atoms with Crippen molar-refractivity contribution >= 4 is 17.6 Å². The highest BCUT2D eigenvalue weighted by molar-refractivity contribution is 5.94. The molecule has 0 unspecified atom stereocenters. The van der Waals surface area contributed by atoms with Crippen molar-refractivity contribution in [2.45, 2.75) is 6.54 Å². The Morgan fingerprint density at radius 1 is 1.14 bits per heavy atom. The standard InChI is InChI=1S/C16H17N3O3/c1-22-14-4-2-3-11(9-14)10-18-16(21)19-13-7-5-12(6-8-13)15(17)20/h2-9H,10H2,1H3,(H2,17,20)(H2,18,19,21). The summed E-state index contributed by atoms with van der Waals surface area (Å²) in [5, 5.41) is 5.41. The summed E-state index contributed by atoms with van der Waals surface area (Å²) >= 11 is 0. The number of amides is 3. The van der Waals surface area contributed by atoms with Crippen LogP contribution in [-0.2, 0) is 6.54 Å². The maximum atomic E-state index is 11.8. The number of hydrogen-bond acceptors (Lipinski definition) is 3. The van der Waals surface area contributed by atoms with E-state index in [0.717, 1.165) is 11.3 Å². The lowest BCUT2D eigenvalue weighted by Crippen LogP contribution is -2.28. The van der Waals surface area contributed by atoms with E-state index in [4.69, 9.17) is 10.5 Å². The molecule has 0 aliphatic heterocycles. The summed E-state index contributed by atoms with van der Waals surface area (Å²) < 4.78 is 5.12. The number of nitrogens with one attached hydrogen (secondary N) is 2. The van der Waals surface area contributed by atoms with Crippen molar-refractivity contribution in [3.05, 3.63) is 59.7 Å². The molecule has 0 aromatic heterocycles. The molecule has 6 nitrogen and oxygen atoms in total. The summed E-state index contributed by atoms with van der Waals surface area (Å²) in [6, 6.07) is 13.4. The van der Waals surface area contributed by atoms with E-state index in [1.807, 2.05) is 24.3 Å². The summed E-state index contributed by atoms with van der Waals surface area (Å²) in [6.07, 6.45) is 0. The largest absolute Gasteiger partial charge is 0.497 e. The third-order valence-corrected chi connectivity index (χ3v) is 3.01. The molecule has 0 saturated heterocycles. The van der Waals surface area contributed by atoms with Gasteiger partial charge in [0, 0.05) is 17.8 Å². The van der Waals surface area contributed by atoms with Gasteiger partial charge in [-0.3, -0.25) is 4.79 Å². The van der Waals surface area contributed by atoms with E-state index in [9.17, 15) is 9.59 Å². The van der Waals surface area contributed by atoms with Gasteiger partial charge < -0.3 is 21.1 Å². The van der Waals surface area contributed by atoms with Gasteiger partial charge in [0.2, 0.25) is 5.91 Å². The highest BCUT2D eigenvalue weighted by atomic mass is 16.5. The number of hydrogen-bond donors (Lipinski definition) is 3. The van der Waals surface area contributed by atoms with E-state index in [0.29, 0.717) is 17.8 Å². The van der Waals surface area contributed by atoms with Gasteiger partial charge in [0.15, 0.2) is 0 Å². The molecule has 0 bridgehead atoms. The minimum absolute atomic E-state index is 0.338. The Morgan fingerprint density at radius 3 is 2.50 bits per heavy atom. The first kappa shape index (κ1) is 15.4. The molecule has 4 N–H and O–H groups in total. The van der Waals surface area contributed by atoms with Crippen LogP contribution in [0.15, 0.2) is 48.5 Å². The third-order valence-electron chi connectivity index (χ3n) is 3.01. The smallest absolute Gasteiger partial charge is 0.319 e. The zero-order valence-corrected chi connectivity index (χ0v) is 12.1. The number of carbonyl (C=O) groups is 2. The predicted octanol–water partition coefficient (Wildman–Crippen LogP) is 2.12. The molecule has 22 heavy (non-hydrogen) atoms. The van der Waals surface area contributed by atoms with Gasteiger partial charge in [-0.15, -0.1) is 0 Å². The van der Waals surface area contributed by atoms with Crippen molar-refractivity contribution in [2.24, 2.45) is 5.73 Å². The van der Waals surface area contributed by atoms with Crippen LogP contribution in [0, 0.1) is 0 Å². The number of ether oxygens (including phenoxy) is 1. The van der Waals surface area contributed by atoms with Crippen LogP contribution in [0.2, 0.25) is 0 Å². The highest BCUT2D eigenvalue weighted by Gasteiger charge is 2.04. The second-order valence-electron chi connectivity index (χ2n) is 4.60. The Balaban J connectivity index is 1.88. The maximum absolute atomic E-state index is 11.8. The highest BCUT2D eigenvalue weighted by Crippen LogP contribution is 2.12. The van der Waals surface area contributed by atoms with E-state index in [2.05, 4.69) is 10.6 Å². The van der Waals surface area contributed by atoms with Crippen molar-refractivity contribution in [3.63, 3.8) is 0 Å². The van der Waals surface area contributed by atoms with Crippen molar-refractivity contribution in [1.82, 2.24) is 5.32 Å². The predicted molar refractivity (Wildman–Crippen MR) is 83.8 cm³/mol. The third kappa shape index (κ3) is 4.24. The number of nitrogens with two attached hydrogens (primary N) is 1. The molecular formula is C16H17N3O3. The number of rotatable bonds is 5. The molecule has 0 spiro atoms. The van der Waals surface area contributed by atoms with Crippen LogP contribution >= 0.6 is 0 Å². The van der Waals surface area contributed by atoms with Gasteiger partial charge in [-0.05, 0) is 42.0 Å². The molecule has 0 aliphatic carbocycles. The fourth-order valence-electron chi connectivity index (χ4n) is 1.86. The van der Waals surface area contributed by atoms with Gasteiger partial charge in [-0.25, -0.2) is 4.79 Å². The summed E-state index contributed by atoms with van der Waals surface area (Å²) in [7, 11) is 1.59. The Kier molecular flexibility index (Phi) is 4.98. The topological polar surface area (TPSA) is 93.4 Å². The summed E-state index contributed by atoms with van der Waals surface area (Å²) in [5.41, 5.74) is 7.05. The first-order chi connectivity index (χ1) is 10.6. The number of anilines is 1. The molecule has 0 radical (unpaired) electrons. The first-order valence-corrected chi connectivity index (χ1v) is 6.66. The van der Waals surface area contributed by atoms with E-state index in [1.54, 1.807) is 31.4 Å². The Hall–Kier alpha value is -3.02. The molecule has 3 amide bonds. The molecule has 2 aromatic rings. The summed E-state index contributed by atoms with van der Waals surface area (Å²) in [4.78, 5) is 22.8. The average Bonchev–Trinajstić information content (AvgIpc) is 2.53. The second-order valence-corrected chi connectivity index (χ2v) is 4.60. The average molecular weight is 299 g/mol. The fourth-order valence-corrected chi connectivity index (χ4v) is 1.86.